The molecule has 1 aromatic carbocycles. The Bertz CT molecular complexity index is 556. The van der Waals surface area contributed by atoms with E-state index >= 15 is 0 Å². The highest BCUT2D eigenvalue weighted by molar-refractivity contribution is 5.96. The van der Waals surface area contributed by atoms with Gasteiger partial charge in [0.05, 0.1) is 0 Å². The summed E-state index contributed by atoms with van der Waals surface area (Å²) in [5, 5.41) is 13.9. The topological polar surface area (TPSA) is 78.4 Å². The molecule has 0 aliphatic rings. The number of hydrogen-bond acceptors (Lipinski definition) is 3. The van der Waals surface area contributed by atoms with E-state index in [1.54, 1.807) is 32.2 Å². The Morgan fingerprint density at radius 1 is 1.35 bits per heavy atom. The molecule has 5 heteroatoms. The molecule has 0 bridgehead atoms. The third-order valence-corrected chi connectivity index (χ3v) is 2.80. The lowest BCUT2D eigenvalue weighted by Crippen LogP contribution is -2.29. The summed E-state index contributed by atoms with van der Waals surface area (Å²) in [7, 11) is 1.55. The SMILES string of the molecule is CNC(=O)CCNC(=O)c1cccc(C#CCO)c1C. The van der Waals surface area contributed by atoms with E-state index in [-0.39, 0.29) is 31.4 Å². The molecule has 0 radical (unpaired) electrons. The predicted molar refractivity (Wildman–Crippen MR) is 76.2 cm³/mol. The monoisotopic (exact) mass is 274 g/mol. The Labute approximate surface area is 118 Å². The molecule has 0 aliphatic heterocycles. The highest BCUT2D eigenvalue weighted by atomic mass is 16.2. The van der Waals surface area contributed by atoms with Gasteiger partial charge < -0.3 is 15.7 Å². The van der Waals surface area contributed by atoms with Gasteiger partial charge in [0, 0.05) is 31.1 Å². The molecule has 0 saturated heterocycles. The largest absolute Gasteiger partial charge is 0.384 e. The number of rotatable bonds is 4. The van der Waals surface area contributed by atoms with Gasteiger partial charge >= 0.3 is 0 Å². The Morgan fingerprint density at radius 2 is 2.10 bits per heavy atom. The minimum atomic E-state index is -0.237. The zero-order valence-electron chi connectivity index (χ0n) is 11.6. The van der Waals surface area contributed by atoms with E-state index in [4.69, 9.17) is 5.11 Å². The van der Waals surface area contributed by atoms with Crippen molar-refractivity contribution in [3.8, 4) is 11.8 Å². The molecule has 1 aromatic rings. The summed E-state index contributed by atoms with van der Waals surface area (Å²) >= 11 is 0. The Kier molecular flexibility index (Phi) is 6.27. The molecule has 0 aliphatic carbocycles. The van der Waals surface area contributed by atoms with Crippen LogP contribution in [0.4, 0.5) is 0 Å². The summed E-state index contributed by atoms with van der Waals surface area (Å²) in [6.07, 6.45) is 0.241. The van der Waals surface area contributed by atoms with E-state index < -0.39 is 0 Å². The molecule has 106 valence electrons. The smallest absolute Gasteiger partial charge is 0.251 e. The molecule has 2 amide bonds. The zero-order chi connectivity index (χ0) is 15.0. The molecule has 0 heterocycles. The van der Waals surface area contributed by atoms with Crippen LogP contribution < -0.4 is 10.6 Å². The molecule has 20 heavy (non-hydrogen) atoms. The van der Waals surface area contributed by atoms with Gasteiger partial charge in [-0.3, -0.25) is 9.59 Å². The Hall–Kier alpha value is -2.32. The highest BCUT2D eigenvalue weighted by Gasteiger charge is 2.10. The van der Waals surface area contributed by atoms with Crippen LogP contribution in [0.1, 0.15) is 27.9 Å². The number of carbonyl (C=O) groups is 2. The third kappa shape index (κ3) is 4.41. The summed E-state index contributed by atoms with van der Waals surface area (Å²) < 4.78 is 0. The van der Waals surface area contributed by atoms with Gasteiger partial charge in [0.25, 0.3) is 5.91 Å². The van der Waals surface area contributed by atoms with Gasteiger partial charge in [-0.2, -0.15) is 0 Å². The molecule has 0 unspecified atom stereocenters. The van der Waals surface area contributed by atoms with Crippen molar-refractivity contribution in [2.75, 3.05) is 20.2 Å². The summed E-state index contributed by atoms with van der Waals surface area (Å²) in [5.41, 5.74) is 1.98. The summed E-state index contributed by atoms with van der Waals surface area (Å²) in [4.78, 5) is 23.1. The maximum absolute atomic E-state index is 12.0. The van der Waals surface area contributed by atoms with Gasteiger partial charge in [-0.15, -0.1) is 0 Å². The lowest BCUT2D eigenvalue weighted by Gasteiger charge is -2.08. The van der Waals surface area contributed by atoms with Crippen LogP contribution >= 0.6 is 0 Å². The number of aliphatic hydroxyl groups is 1. The van der Waals surface area contributed by atoms with Gasteiger partial charge in [-0.05, 0) is 24.6 Å². The van der Waals surface area contributed by atoms with Crippen LogP contribution in [0.5, 0.6) is 0 Å². The van der Waals surface area contributed by atoms with Gasteiger partial charge in [-0.25, -0.2) is 0 Å². The van der Waals surface area contributed by atoms with Crippen molar-refractivity contribution >= 4 is 11.8 Å². The van der Waals surface area contributed by atoms with Crippen molar-refractivity contribution < 1.29 is 14.7 Å². The molecule has 1 rings (SSSR count). The Balaban J connectivity index is 2.76. The maximum Gasteiger partial charge on any atom is 0.251 e. The fourth-order valence-corrected chi connectivity index (χ4v) is 1.66. The molecule has 5 nitrogen and oxygen atoms in total. The molecular formula is C15H18N2O3. The minimum Gasteiger partial charge on any atom is -0.384 e. The first-order valence-electron chi connectivity index (χ1n) is 6.28. The number of aliphatic hydroxyl groups excluding tert-OH is 1. The van der Waals surface area contributed by atoms with Gasteiger partial charge in [-0.1, -0.05) is 17.9 Å². The van der Waals surface area contributed by atoms with Gasteiger partial charge in [0.2, 0.25) is 5.91 Å². The predicted octanol–water partition coefficient (Wildman–Crippen LogP) is 0.205. The van der Waals surface area contributed by atoms with Crippen LogP contribution in [-0.4, -0.2) is 37.1 Å². The van der Waals surface area contributed by atoms with E-state index in [9.17, 15) is 9.59 Å². The Morgan fingerprint density at radius 3 is 2.75 bits per heavy atom. The first-order chi connectivity index (χ1) is 9.60. The number of carbonyl (C=O) groups excluding carboxylic acids is 2. The zero-order valence-corrected chi connectivity index (χ0v) is 11.6. The van der Waals surface area contributed by atoms with Crippen LogP contribution in [0.2, 0.25) is 0 Å². The minimum absolute atomic E-state index is 0.121. The maximum atomic E-state index is 12.0. The molecule has 0 aromatic heterocycles. The average Bonchev–Trinajstić information content (AvgIpc) is 2.45. The van der Waals surface area contributed by atoms with Crippen molar-refractivity contribution in [3.05, 3.63) is 34.9 Å². The van der Waals surface area contributed by atoms with Crippen molar-refractivity contribution in [3.63, 3.8) is 0 Å². The summed E-state index contributed by atoms with van der Waals surface area (Å²) in [6.45, 7) is 1.86. The fraction of sp³-hybridized carbons (Fsp3) is 0.333. The van der Waals surface area contributed by atoms with Crippen LogP contribution in [0.25, 0.3) is 0 Å². The molecule has 0 fully saturated rings. The van der Waals surface area contributed by atoms with Crippen LogP contribution in [-0.2, 0) is 4.79 Å². The summed E-state index contributed by atoms with van der Waals surface area (Å²) in [6, 6.07) is 5.23. The normalized spacial score (nSPS) is 9.35. The first-order valence-corrected chi connectivity index (χ1v) is 6.28. The highest BCUT2D eigenvalue weighted by Crippen LogP contribution is 2.12. The second-order valence-electron chi connectivity index (χ2n) is 4.12. The number of benzene rings is 1. The van der Waals surface area contributed by atoms with Crippen molar-refractivity contribution in [1.82, 2.24) is 10.6 Å². The lowest BCUT2D eigenvalue weighted by atomic mass is 10.0. The molecule has 0 spiro atoms. The average molecular weight is 274 g/mol. The van der Waals surface area contributed by atoms with E-state index in [0.29, 0.717) is 11.1 Å². The summed E-state index contributed by atoms with van der Waals surface area (Å²) in [5.74, 6) is 5.00. The van der Waals surface area contributed by atoms with E-state index in [1.165, 1.54) is 0 Å². The molecular weight excluding hydrogens is 256 g/mol. The van der Waals surface area contributed by atoms with E-state index in [2.05, 4.69) is 22.5 Å². The second-order valence-corrected chi connectivity index (χ2v) is 4.12. The van der Waals surface area contributed by atoms with Crippen LogP contribution in [0, 0.1) is 18.8 Å². The number of amides is 2. The molecule has 3 N–H and O–H groups in total. The van der Waals surface area contributed by atoms with Crippen LogP contribution in [0.15, 0.2) is 18.2 Å². The number of hydrogen-bond donors (Lipinski definition) is 3. The number of nitrogens with one attached hydrogen (secondary N) is 2. The van der Waals surface area contributed by atoms with Gasteiger partial charge in [0.15, 0.2) is 0 Å². The molecule has 0 saturated carbocycles. The van der Waals surface area contributed by atoms with Crippen molar-refractivity contribution in [1.29, 1.82) is 0 Å². The van der Waals surface area contributed by atoms with Crippen LogP contribution in [0.3, 0.4) is 0 Å². The van der Waals surface area contributed by atoms with E-state index in [1.807, 2.05) is 0 Å². The fourth-order valence-electron chi connectivity index (χ4n) is 1.66. The quantitative estimate of drug-likeness (QED) is 0.687. The second kappa shape index (κ2) is 7.97. The first kappa shape index (κ1) is 15.7. The standard InChI is InChI=1S/C15H18N2O3/c1-11-12(6-4-10-18)5-3-7-13(11)15(20)17-9-8-14(19)16-2/h3,5,7,18H,8-10H2,1-2H3,(H,16,19)(H,17,20). The molecule has 0 atom stereocenters. The van der Waals surface area contributed by atoms with Crippen molar-refractivity contribution in [2.24, 2.45) is 0 Å². The van der Waals surface area contributed by atoms with Gasteiger partial charge in [0.1, 0.15) is 6.61 Å². The lowest BCUT2D eigenvalue weighted by molar-refractivity contribution is -0.120. The van der Waals surface area contributed by atoms with E-state index in [0.717, 1.165) is 5.56 Å². The van der Waals surface area contributed by atoms with Crippen molar-refractivity contribution in [2.45, 2.75) is 13.3 Å². The third-order valence-electron chi connectivity index (χ3n) is 2.80.